The van der Waals surface area contributed by atoms with Gasteiger partial charge in [-0.1, -0.05) is 12.1 Å². The zero-order valence-electron chi connectivity index (χ0n) is 10.9. The maximum absolute atomic E-state index is 9.09. The third-order valence-electron chi connectivity index (χ3n) is 2.66. The van der Waals surface area contributed by atoms with Gasteiger partial charge in [0.15, 0.2) is 5.82 Å². The van der Waals surface area contributed by atoms with Gasteiger partial charge in [0.25, 0.3) is 0 Å². The topological polar surface area (TPSA) is 80.4 Å². The number of aromatic nitrogens is 3. The molecule has 0 spiro atoms. The highest BCUT2D eigenvalue weighted by atomic mass is 16.5. The second-order valence-corrected chi connectivity index (χ2v) is 4.45. The molecule has 0 aliphatic rings. The van der Waals surface area contributed by atoms with Crippen molar-refractivity contribution in [2.45, 2.75) is 26.5 Å². The highest BCUT2D eigenvalue weighted by Crippen LogP contribution is 2.11. The third-order valence-corrected chi connectivity index (χ3v) is 2.66. The van der Waals surface area contributed by atoms with E-state index in [1.807, 2.05) is 13.8 Å². The molecule has 1 heterocycles. The second-order valence-electron chi connectivity index (χ2n) is 4.45. The first-order chi connectivity index (χ1) is 9.08. The normalized spacial score (nSPS) is 10.8. The van der Waals surface area contributed by atoms with Crippen molar-refractivity contribution in [3.8, 4) is 5.75 Å². The molecule has 1 aromatic carbocycles. The fourth-order valence-electron chi connectivity index (χ4n) is 1.72. The van der Waals surface area contributed by atoms with Crippen LogP contribution in [-0.4, -0.2) is 31.9 Å². The van der Waals surface area contributed by atoms with E-state index in [0.29, 0.717) is 11.2 Å². The maximum Gasteiger partial charge on any atom is 0.488 e. The van der Waals surface area contributed by atoms with E-state index in [1.165, 1.54) is 6.33 Å². The molecule has 0 aliphatic heterocycles. The van der Waals surface area contributed by atoms with Crippen LogP contribution in [0.5, 0.6) is 5.75 Å². The molecule has 100 valence electrons. The summed E-state index contributed by atoms with van der Waals surface area (Å²) in [5.41, 5.74) is 0.392. The highest BCUT2D eigenvalue weighted by molar-refractivity contribution is 6.58. The molecule has 0 fully saturated rings. The van der Waals surface area contributed by atoms with Crippen LogP contribution in [0.1, 0.15) is 25.7 Å². The first-order valence-electron chi connectivity index (χ1n) is 6.05. The summed E-state index contributed by atoms with van der Waals surface area (Å²) in [6.45, 7) is 4.31. The van der Waals surface area contributed by atoms with Gasteiger partial charge in [-0.2, -0.15) is 5.10 Å². The fourth-order valence-corrected chi connectivity index (χ4v) is 1.72. The van der Waals surface area contributed by atoms with E-state index in [1.54, 1.807) is 28.9 Å². The molecule has 2 aromatic rings. The Morgan fingerprint density at radius 2 is 2.16 bits per heavy atom. The molecule has 2 rings (SSSR count). The van der Waals surface area contributed by atoms with Gasteiger partial charge in [0, 0.05) is 6.04 Å². The van der Waals surface area contributed by atoms with E-state index in [-0.39, 0.29) is 12.6 Å². The summed E-state index contributed by atoms with van der Waals surface area (Å²) in [6, 6.07) is 6.88. The number of hydrogen-bond donors (Lipinski definition) is 2. The fraction of sp³-hybridized carbons (Fsp3) is 0.333. The summed E-state index contributed by atoms with van der Waals surface area (Å²) in [5.74, 6) is 1.29. The molecule has 0 saturated carbocycles. The molecule has 0 unspecified atom stereocenters. The van der Waals surface area contributed by atoms with Gasteiger partial charge in [0.05, 0.1) is 0 Å². The van der Waals surface area contributed by atoms with Gasteiger partial charge in [-0.15, -0.1) is 0 Å². The van der Waals surface area contributed by atoms with Crippen LogP contribution in [0.2, 0.25) is 0 Å². The number of rotatable bonds is 5. The lowest BCUT2D eigenvalue weighted by atomic mass is 9.80. The maximum atomic E-state index is 9.09. The lowest BCUT2D eigenvalue weighted by Crippen LogP contribution is -2.29. The Morgan fingerprint density at radius 3 is 2.84 bits per heavy atom. The van der Waals surface area contributed by atoms with E-state index < -0.39 is 7.12 Å². The van der Waals surface area contributed by atoms with Crippen LogP contribution in [0.25, 0.3) is 0 Å². The molecule has 7 heteroatoms. The molecular weight excluding hydrogens is 245 g/mol. The minimum atomic E-state index is -1.50. The molecule has 0 atom stereocenters. The Labute approximate surface area is 111 Å². The Morgan fingerprint density at radius 1 is 1.37 bits per heavy atom. The Balaban J connectivity index is 2.06. The van der Waals surface area contributed by atoms with Gasteiger partial charge in [-0.25, -0.2) is 9.67 Å². The Kier molecular flexibility index (Phi) is 4.18. The van der Waals surface area contributed by atoms with Crippen molar-refractivity contribution in [2.24, 2.45) is 0 Å². The molecule has 0 aliphatic carbocycles. The van der Waals surface area contributed by atoms with E-state index in [4.69, 9.17) is 14.8 Å². The van der Waals surface area contributed by atoms with Gasteiger partial charge in [-0.05, 0) is 31.4 Å². The molecule has 0 radical (unpaired) electrons. The monoisotopic (exact) mass is 261 g/mol. The Hall–Kier alpha value is -1.86. The lowest BCUT2D eigenvalue weighted by Gasteiger charge is -2.11. The average Bonchev–Trinajstić information content (AvgIpc) is 2.85. The molecule has 0 saturated heterocycles. The Bertz CT molecular complexity index is 543. The van der Waals surface area contributed by atoms with Gasteiger partial charge in [-0.3, -0.25) is 0 Å². The van der Waals surface area contributed by atoms with Crippen LogP contribution in [-0.2, 0) is 6.61 Å². The summed E-state index contributed by atoms with van der Waals surface area (Å²) < 4.78 is 7.37. The number of ether oxygens (including phenoxy) is 1. The van der Waals surface area contributed by atoms with Gasteiger partial charge in [0.2, 0.25) is 0 Å². The van der Waals surface area contributed by atoms with Gasteiger partial charge in [0.1, 0.15) is 18.7 Å². The van der Waals surface area contributed by atoms with E-state index in [0.717, 1.165) is 5.82 Å². The summed E-state index contributed by atoms with van der Waals surface area (Å²) >= 11 is 0. The first kappa shape index (κ1) is 13.6. The molecule has 2 N–H and O–H groups in total. The van der Waals surface area contributed by atoms with Crippen LogP contribution in [0.3, 0.4) is 0 Å². The van der Waals surface area contributed by atoms with Gasteiger partial charge < -0.3 is 14.8 Å². The lowest BCUT2D eigenvalue weighted by molar-refractivity contribution is 0.282. The van der Waals surface area contributed by atoms with E-state index in [9.17, 15) is 0 Å². The zero-order chi connectivity index (χ0) is 13.8. The molecular formula is C12H16BN3O3. The molecule has 0 amide bonds. The van der Waals surface area contributed by atoms with Crippen molar-refractivity contribution >= 4 is 12.6 Å². The van der Waals surface area contributed by atoms with Crippen LogP contribution in [0.15, 0.2) is 30.6 Å². The largest absolute Gasteiger partial charge is 0.488 e. The summed E-state index contributed by atoms with van der Waals surface area (Å²) in [7, 11) is -1.50. The molecule has 0 bridgehead atoms. The third kappa shape index (κ3) is 3.33. The van der Waals surface area contributed by atoms with Crippen molar-refractivity contribution in [3.63, 3.8) is 0 Å². The first-order valence-corrected chi connectivity index (χ1v) is 6.05. The van der Waals surface area contributed by atoms with Crippen LogP contribution >= 0.6 is 0 Å². The van der Waals surface area contributed by atoms with Crippen LogP contribution in [0.4, 0.5) is 0 Å². The number of benzene rings is 1. The van der Waals surface area contributed by atoms with Crippen molar-refractivity contribution in [1.82, 2.24) is 14.8 Å². The van der Waals surface area contributed by atoms with E-state index in [2.05, 4.69) is 10.1 Å². The quantitative estimate of drug-likeness (QED) is 0.747. The SMILES string of the molecule is CC(C)n1ncnc1COc1cccc(B(O)O)c1. The average molecular weight is 261 g/mol. The van der Waals surface area contributed by atoms with Crippen molar-refractivity contribution in [2.75, 3.05) is 0 Å². The van der Waals surface area contributed by atoms with Crippen molar-refractivity contribution in [1.29, 1.82) is 0 Å². The summed E-state index contributed by atoms with van der Waals surface area (Å²) in [6.07, 6.45) is 1.49. The minimum Gasteiger partial charge on any atom is -0.486 e. The number of hydrogen-bond acceptors (Lipinski definition) is 5. The predicted octanol–water partition coefficient (Wildman–Crippen LogP) is 0.118. The molecule has 6 nitrogen and oxygen atoms in total. The smallest absolute Gasteiger partial charge is 0.486 e. The minimum absolute atomic E-state index is 0.215. The highest BCUT2D eigenvalue weighted by Gasteiger charge is 2.12. The van der Waals surface area contributed by atoms with E-state index >= 15 is 0 Å². The van der Waals surface area contributed by atoms with Crippen LogP contribution in [0, 0.1) is 0 Å². The van der Waals surface area contributed by atoms with Gasteiger partial charge >= 0.3 is 7.12 Å². The van der Waals surface area contributed by atoms with Crippen molar-refractivity contribution in [3.05, 3.63) is 36.4 Å². The molecule has 19 heavy (non-hydrogen) atoms. The summed E-state index contributed by atoms with van der Waals surface area (Å²) in [4.78, 5) is 4.14. The predicted molar refractivity (Wildman–Crippen MR) is 71.0 cm³/mol. The summed E-state index contributed by atoms with van der Waals surface area (Å²) in [5, 5.41) is 22.3. The second kappa shape index (κ2) is 5.86. The standard InChI is InChI=1S/C12H16BN3O3/c1-9(2)16-12(14-8-15-16)7-19-11-5-3-4-10(6-11)13(17)18/h3-6,8-9,17-18H,7H2,1-2H3. The zero-order valence-corrected chi connectivity index (χ0v) is 10.9. The van der Waals surface area contributed by atoms with Crippen LogP contribution < -0.4 is 10.2 Å². The molecule has 1 aromatic heterocycles. The van der Waals surface area contributed by atoms with Crippen molar-refractivity contribution < 1.29 is 14.8 Å². The number of nitrogens with zero attached hydrogens (tertiary/aromatic N) is 3.